The number of anilines is 2. The molecular weight excluding hydrogens is 368 g/mol. The van der Waals surface area contributed by atoms with E-state index in [1.165, 1.54) is 11.0 Å². The van der Waals surface area contributed by atoms with Crippen molar-refractivity contribution in [1.29, 1.82) is 0 Å². The summed E-state index contributed by atoms with van der Waals surface area (Å²) in [4.78, 5) is 16.5. The summed E-state index contributed by atoms with van der Waals surface area (Å²) < 4.78 is 26.9. The molecule has 0 spiro atoms. The van der Waals surface area contributed by atoms with E-state index in [1.807, 2.05) is 7.05 Å². The fourth-order valence-corrected chi connectivity index (χ4v) is 3.54. The largest absolute Gasteiger partial charge is 0.376 e. The van der Waals surface area contributed by atoms with Crippen LogP contribution in [0.4, 0.5) is 20.2 Å². The number of likely N-dealkylation sites (tertiary alicyclic amines) is 1. The van der Waals surface area contributed by atoms with Crippen molar-refractivity contribution in [2.75, 3.05) is 25.0 Å². The number of carbonyl (C=O) groups is 1. The van der Waals surface area contributed by atoms with Gasteiger partial charge >= 0.3 is 0 Å². The molecule has 0 aromatic heterocycles. The molecule has 1 aliphatic rings. The van der Waals surface area contributed by atoms with E-state index in [0.29, 0.717) is 16.9 Å². The number of halogens is 2. The zero-order valence-electron chi connectivity index (χ0n) is 15.0. The third kappa shape index (κ3) is 4.31. The van der Waals surface area contributed by atoms with Crippen LogP contribution in [0, 0.1) is 17.6 Å². The third-order valence-corrected chi connectivity index (χ3v) is 5.04. The summed E-state index contributed by atoms with van der Waals surface area (Å²) >= 11 is 5.10. The Morgan fingerprint density at radius 1 is 1.11 bits per heavy atom. The van der Waals surface area contributed by atoms with Crippen molar-refractivity contribution in [3.05, 3.63) is 59.7 Å². The van der Waals surface area contributed by atoms with Gasteiger partial charge in [0.2, 0.25) is 0 Å². The van der Waals surface area contributed by atoms with E-state index in [4.69, 9.17) is 18.0 Å². The van der Waals surface area contributed by atoms with Gasteiger partial charge in [0, 0.05) is 23.2 Å². The summed E-state index contributed by atoms with van der Waals surface area (Å²) in [5.41, 5.74) is 7.22. The lowest BCUT2D eigenvalue weighted by Crippen LogP contribution is -2.34. The fraction of sp³-hybridized carbons (Fsp3) is 0.300. The predicted octanol–water partition coefficient (Wildman–Crippen LogP) is 3.87. The number of rotatable bonds is 4. The van der Waals surface area contributed by atoms with Crippen LogP contribution in [0.1, 0.15) is 23.2 Å². The van der Waals surface area contributed by atoms with Gasteiger partial charge in [0.15, 0.2) is 22.5 Å². The van der Waals surface area contributed by atoms with Crippen LogP contribution in [0.3, 0.4) is 0 Å². The zero-order chi connectivity index (χ0) is 19.6. The number of thiocarbonyl (C=S) groups is 1. The van der Waals surface area contributed by atoms with Gasteiger partial charge in [0.05, 0.1) is 5.69 Å². The lowest BCUT2D eigenvalue weighted by molar-refractivity contribution is 0.0857. The van der Waals surface area contributed by atoms with Gasteiger partial charge in [-0.05, 0) is 69.5 Å². The first-order valence-electron chi connectivity index (χ1n) is 8.74. The molecule has 0 unspecified atom stereocenters. The molecule has 1 saturated heterocycles. The van der Waals surface area contributed by atoms with E-state index in [-0.39, 0.29) is 16.8 Å². The third-order valence-electron chi connectivity index (χ3n) is 4.86. The Morgan fingerprint density at radius 2 is 1.78 bits per heavy atom. The highest BCUT2D eigenvalue weighted by Gasteiger charge is 2.25. The monoisotopic (exact) mass is 389 g/mol. The molecule has 2 N–H and O–H groups in total. The molecule has 142 valence electrons. The van der Waals surface area contributed by atoms with Crippen LogP contribution in [-0.2, 0) is 0 Å². The second-order valence-corrected chi connectivity index (χ2v) is 7.18. The van der Waals surface area contributed by atoms with Gasteiger partial charge in [-0.2, -0.15) is 0 Å². The van der Waals surface area contributed by atoms with Gasteiger partial charge < -0.3 is 10.6 Å². The van der Waals surface area contributed by atoms with Crippen molar-refractivity contribution in [2.24, 2.45) is 11.7 Å². The number of ketones is 1. The Bertz CT molecular complexity index is 866. The van der Waals surface area contributed by atoms with Crippen molar-refractivity contribution >= 4 is 34.5 Å². The van der Waals surface area contributed by atoms with Gasteiger partial charge in [-0.15, -0.1) is 0 Å². The molecule has 2 aromatic rings. The average Bonchev–Trinajstić information content (AvgIpc) is 2.65. The zero-order valence-corrected chi connectivity index (χ0v) is 15.8. The summed E-state index contributed by atoms with van der Waals surface area (Å²) in [6.45, 7) is 1.79. The summed E-state index contributed by atoms with van der Waals surface area (Å²) in [5, 5.41) is -0.0232. The van der Waals surface area contributed by atoms with Crippen LogP contribution in [0.15, 0.2) is 42.5 Å². The van der Waals surface area contributed by atoms with Crippen molar-refractivity contribution < 1.29 is 13.6 Å². The van der Waals surface area contributed by atoms with E-state index in [9.17, 15) is 13.6 Å². The topological polar surface area (TPSA) is 49.6 Å². The van der Waals surface area contributed by atoms with Gasteiger partial charge in [-0.1, -0.05) is 12.1 Å². The van der Waals surface area contributed by atoms with Crippen molar-refractivity contribution in [3.63, 3.8) is 0 Å². The summed E-state index contributed by atoms with van der Waals surface area (Å²) in [6, 6.07) is 10.4. The van der Waals surface area contributed by atoms with E-state index in [1.54, 1.807) is 24.3 Å². The second kappa shape index (κ2) is 8.10. The molecule has 7 heteroatoms. The minimum atomic E-state index is -0.993. The summed E-state index contributed by atoms with van der Waals surface area (Å²) in [7, 11) is 2.04. The number of hydrogen-bond acceptors (Lipinski definition) is 3. The van der Waals surface area contributed by atoms with Gasteiger partial charge in [-0.25, -0.2) is 8.78 Å². The summed E-state index contributed by atoms with van der Waals surface area (Å²) in [6.07, 6.45) is 1.64. The van der Waals surface area contributed by atoms with Crippen molar-refractivity contribution in [3.8, 4) is 0 Å². The Morgan fingerprint density at radius 3 is 2.41 bits per heavy atom. The summed E-state index contributed by atoms with van der Waals surface area (Å²) in [5.74, 6) is -1.88. The van der Waals surface area contributed by atoms with Crippen LogP contribution in [0.5, 0.6) is 0 Å². The number of nitrogens with zero attached hydrogens (tertiary/aromatic N) is 2. The fourth-order valence-electron chi connectivity index (χ4n) is 3.33. The van der Waals surface area contributed by atoms with Crippen molar-refractivity contribution in [1.82, 2.24) is 4.90 Å². The van der Waals surface area contributed by atoms with Crippen LogP contribution in [-0.4, -0.2) is 35.9 Å². The smallest absolute Gasteiger partial charge is 0.175 e. The van der Waals surface area contributed by atoms with E-state index < -0.39 is 11.6 Å². The van der Waals surface area contributed by atoms with Gasteiger partial charge in [-0.3, -0.25) is 9.69 Å². The molecule has 1 fully saturated rings. The highest BCUT2D eigenvalue weighted by molar-refractivity contribution is 7.80. The van der Waals surface area contributed by atoms with Gasteiger partial charge in [0.1, 0.15) is 0 Å². The predicted molar refractivity (Wildman–Crippen MR) is 106 cm³/mol. The lowest BCUT2D eigenvalue weighted by atomic mass is 9.89. The first-order valence-corrected chi connectivity index (χ1v) is 9.15. The molecule has 1 aliphatic heterocycles. The first-order chi connectivity index (χ1) is 12.9. The lowest BCUT2D eigenvalue weighted by Gasteiger charge is -2.28. The Hall–Kier alpha value is -2.38. The minimum Gasteiger partial charge on any atom is -0.376 e. The molecule has 27 heavy (non-hydrogen) atoms. The van der Waals surface area contributed by atoms with Crippen molar-refractivity contribution in [2.45, 2.75) is 12.8 Å². The average molecular weight is 389 g/mol. The SMILES string of the molecule is CN1CCC(C(=O)c2cccc(N(C(N)=S)c3ccc(F)c(F)c3)c2)CC1. The highest BCUT2D eigenvalue weighted by atomic mass is 32.1. The van der Waals surface area contributed by atoms with Gasteiger partial charge in [0.25, 0.3) is 0 Å². The number of nitrogens with two attached hydrogens (primary N) is 1. The maximum Gasteiger partial charge on any atom is 0.175 e. The second-order valence-electron chi connectivity index (χ2n) is 6.76. The van der Waals surface area contributed by atoms with Crippen LogP contribution in [0.2, 0.25) is 0 Å². The molecule has 4 nitrogen and oxygen atoms in total. The Kier molecular flexibility index (Phi) is 5.82. The number of carbonyl (C=O) groups excluding carboxylic acids is 1. The minimum absolute atomic E-state index is 0.0157. The standard InChI is InChI=1S/C20H21F2N3OS/c1-24-9-7-13(8-10-24)19(26)14-3-2-4-15(11-14)25(20(23)27)16-5-6-17(21)18(22)12-16/h2-6,11-13H,7-10H2,1H3,(H2,23,27). The number of benzene rings is 2. The van der Waals surface area contributed by atoms with E-state index in [0.717, 1.165) is 38.1 Å². The molecule has 0 radical (unpaired) electrons. The van der Waals surface area contributed by atoms with Crippen LogP contribution in [0.25, 0.3) is 0 Å². The number of Topliss-reactive ketones (excluding diaryl/α,β-unsaturated/α-hetero) is 1. The highest BCUT2D eigenvalue weighted by Crippen LogP contribution is 2.29. The number of hydrogen-bond donors (Lipinski definition) is 1. The quantitative estimate of drug-likeness (QED) is 0.635. The van der Waals surface area contributed by atoms with Crippen LogP contribution < -0.4 is 10.6 Å². The van der Waals surface area contributed by atoms with Crippen LogP contribution >= 0.6 is 12.2 Å². The molecule has 0 saturated carbocycles. The Balaban J connectivity index is 1.91. The molecule has 0 atom stereocenters. The molecular formula is C20H21F2N3OS. The Labute approximate surface area is 162 Å². The first kappa shape index (κ1) is 19.4. The van der Waals surface area contributed by atoms with E-state index >= 15 is 0 Å². The normalized spacial score (nSPS) is 15.5. The molecule has 2 aromatic carbocycles. The molecule has 1 heterocycles. The number of piperidine rings is 1. The molecule has 3 rings (SSSR count). The molecule has 0 amide bonds. The maximum absolute atomic E-state index is 13.7. The maximum atomic E-state index is 13.7. The molecule has 0 bridgehead atoms. The molecule has 0 aliphatic carbocycles. The van der Waals surface area contributed by atoms with E-state index in [2.05, 4.69) is 4.90 Å².